The van der Waals surface area contributed by atoms with E-state index in [1.54, 1.807) is 24.3 Å². The highest BCUT2D eigenvalue weighted by molar-refractivity contribution is 6.30. The molecule has 2 atom stereocenters. The third-order valence-electron chi connectivity index (χ3n) is 7.67. The zero-order chi connectivity index (χ0) is 30.8. The molecular weight excluding hydrogens is 566 g/mol. The Morgan fingerprint density at radius 1 is 1.02 bits per heavy atom. The molecule has 1 unspecified atom stereocenters. The molecule has 4 N–H and O–H groups in total. The molecular formula is C33H36ClN5O4. The van der Waals surface area contributed by atoms with Gasteiger partial charge in [-0.1, -0.05) is 67.3 Å². The van der Waals surface area contributed by atoms with E-state index in [2.05, 4.69) is 34.9 Å². The monoisotopic (exact) mass is 601 g/mol. The molecule has 0 heterocycles. The van der Waals surface area contributed by atoms with Gasteiger partial charge in [0.15, 0.2) is 12.3 Å². The summed E-state index contributed by atoms with van der Waals surface area (Å²) >= 11 is 6.08. The summed E-state index contributed by atoms with van der Waals surface area (Å²) in [5, 5.41) is 33.8. The molecule has 0 spiro atoms. The normalized spacial score (nSPS) is 15.2. The lowest BCUT2D eigenvalue weighted by Gasteiger charge is -2.27. The molecule has 3 aromatic rings. The SMILES string of the molecule is CC(N=C(NC#N)N(Cc1ccc(C(=O)NC[C@@H](O)C(=O)O)cc1)c1ccc(C2CCCCC2)cc1)c1ccc(Cl)cc1. The summed E-state index contributed by atoms with van der Waals surface area (Å²) < 4.78 is 0. The first-order valence-corrected chi connectivity index (χ1v) is 14.8. The Balaban J connectivity index is 1.61. The van der Waals surface area contributed by atoms with Gasteiger partial charge in [-0.05, 0) is 78.8 Å². The first-order chi connectivity index (χ1) is 20.7. The Morgan fingerprint density at radius 3 is 2.28 bits per heavy atom. The standard InChI is InChI=1S/C33H36ClN5O4/c1-22(24-11-15-28(34)16-12-24)38-33(37-21-35)39(29-17-13-26(14-18-29)25-5-3-2-4-6-25)20-23-7-9-27(10-8-23)31(41)36-19-30(40)32(42)43/h7-18,22,25,30,40H,2-6,19-20H2,1H3,(H,36,41)(H,37,38)(H,42,43)/t22?,30-/m1/s1. The molecule has 9 nitrogen and oxygen atoms in total. The molecule has 1 aliphatic carbocycles. The van der Waals surface area contributed by atoms with E-state index >= 15 is 0 Å². The summed E-state index contributed by atoms with van der Waals surface area (Å²) in [6.07, 6.45) is 6.53. The van der Waals surface area contributed by atoms with Crippen LogP contribution in [0, 0.1) is 11.5 Å². The highest BCUT2D eigenvalue weighted by atomic mass is 35.5. The van der Waals surface area contributed by atoms with Gasteiger partial charge in [0, 0.05) is 16.3 Å². The number of carboxylic acids is 1. The lowest BCUT2D eigenvalue weighted by Crippen LogP contribution is -2.39. The van der Waals surface area contributed by atoms with E-state index in [9.17, 15) is 20.0 Å². The number of anilines is 1. The number of carbonyl (C=O) groups is 2. The van der Waals surface area contributed by atoms with E-state index in [0.29, 0.717) is 29.0 Å². The van der Waals surface area contributed by atoms with Gasteiger partial charge in [-0.2, -0.15) is 5.26 Å². The highest BCUT2D eigenvalue weighted by Gasteiger charge is 2.20. The van der Waals surface area contributed by atoms with Gasteiger partial charge in [-0.15, -0.1) is 0 Å². The Morgan fingerprint density at radius 2 is 1.67 bits per heavy atom. The van der Waals surface area contributed by atoms with E-state index in [1.807, 2.05) is 42.3 Å². The maximum atomic E-state index is 12.5. The van der Waals surface area contributed by atoms with Crippen LogP contribution in [-0.2, 0) is 11.3 Å². The van der Waals surface area contributed by atoms with Gasteiger partial charge in [0.1, 0.15) is 0 Å². The van der Waals surface area contributed by atoms with Crippen LogP contribution in [0.4, 0.5) is 5.69 Å². The second-order valence-corrected chi connectivity index (χ2v) is 11.1. The number of hydrogen-bond donors (Lipinski definition) is 4. The minimum absolute atomic E-state index is 0.274. The number of nitrogens with one attached hydrogen (secondary N) is 2. The minimum Gasteiger partial charge on any atom is -0.479 e. The van der Waals surface area contributed by atoms with Gasteiger partial charge in [-0.25, -0.2) is 9.79 Å². The molecule has 0 aromatic heterocycles. The van der Waals surface area contributed by atoms with Gasteiger partial charge in [0.25, 0.3) is 5.91 Å². The van der Waals surface area contributed by atoms with E-state index in [-0.39, 0.29) is 6.04 Å². The molecule has 1 amide bonds. The van der Waals surface area contributed by atoms with Crippen molar-refractivity contribution in [3.63, 3.8) is 0 Å². The maximum Gasteiger partial charge on any atom is 0.334 e. The van der Waals surface area contributed by atoms with Crippen LogP contribution in [0.3, 0.4) is 0 Å². The highest BCUT2D eigenvalue weighted by Crippen LogP contribution is 2.33. The summed E-state index contributed by atoms with van der Waals surface area (Å²) in [5.41, 5.74) is 4.29. The molecule has 224 valence electrons. The molecule has 0 aliphatic heterocycles. The molecule has 0 saturated heterocycles. The number of nitrogens with zero attached hydrogens (tertiary/aromatic N) is 3. The molecule has 43 heavy (non-hydrogen) atoms. The van der Waals surface area contributed by atoms with Gasteiger partial charge < -0.3 is 20.4 Å². The first-order valence-electron chi connectivity index (χ1n) is 14.4. The van der Waals surface area contributed by atoms with E-state index < -0.39 is 24.5 Å². The van der Waals surface area contributed by atoms with Crippen LogP contribution in [-0.4, -0.2) is 40.7 Å². The van der Waals surface area contributed by atoms with Crippen LogP contribution in [0.1, 0.15) is 78.0 Å². The van der Waals surface area contributed by atoms with Crippen LogP contribution >= 0.6 is 11.6 Å². The summed E-state index contributed by atoms with van der Waals surface area (Å²) in [7, 11) is 0. The van der Waals surface area contributed by atoms with Crippen molar-refractivity contribution in [2.75, 3.05) is 11.4 Å². The van der Waals surface area contributed by atoms with Crippen LogP contribution in [0.5, 0.6) is 0 Å². The topological polar surface area (TPSA) is 138 Å². The zero-order valence-corrected chi connectivity index (χ0v) is 24.8. The van der Waals surface area contributed by atoms with Crippen molar-refractivity contribution in [3.05, 3.63) is 100 Å². The predicted molar refractivity (Wildman–Crippen MR) is 167 cm³/mol. The molecule has 0 bridgehead atoms. The number of halogens is 1. The number of aliphatic carboxylic acids is 1. The quantitative estimate of drug-likeness (QED) is 0.100. The van der Waals surface area contributed by atoms with Crippen LogP contribution in [0.25, 0.3) is 0 Å². The van der Waals surface area contributed by atoms with Gasteiger partial charge in [-0.3, -0.25) is 10.1 Å². The molecule has 1 saturated carbocycles. The van der Waals surface area contributed by atoms with Crippen molar-refractivity contribution in [2.45, 2.75) is 63.6 Å². The molecule has 1 fully saturated rings. The number of benzene rings is 3. The predicted octanol–water partition coefficient (Wildman–Crippen LogP) is 5.76. The largest absolute Gasteiger partial charge is 0.479 e. The smallest absolute Gasteiger partial charge is 0.334 e. The number of carboxylic acid groups (broad SMARTS) is 1. The lowest BCUT2D eigenvalue weighted by atomic mass is 9.84. The first kappa shape index (κ1) is 31.5. The number of aliphatic hydroxyl groups is 1. The number of hydrogen-bond acceptors (Lipinski definition) is 5. The third-order valence-corrected chi connectivity index (χ3v) is 7.92. The molecule has 3 aromatic carbocycles. The van der Waals surface area contributed by atoms with Crippen molar-refractivity contribution in [1.29, 1.82) is 5.26 Å². The van der Waals surface area contributed by atoms with Gasteiger partial charge >= 0.3 is 5.97 Å². The van der Waals surface area contributed by atoms with Crippen molar-refractivity contribution < 1.29 is 19.8 Å². The second-order valence-electron chi connectivity index (χ2n) is 10.7. The molecule has 1 aliphatic rings. The van der Waals surface area contributed by atoms with Crippen molar-refractivity contribution in [1.82, 2.24) is 10.6 Å². The Kier molecular flexibility index (Phi) is 11.1. The maximum absolute atomic E-state index is 12.5. The summed E-state index contributed by atoms with van der Waals surface area (Å²) in [6.45, 7) is 1.90. The van der Waals surface area contributed by atoms with Crippen LogP contribution < -0.4 is 15.5 Å². The fourth-order valence-electron chi connectivity index (χ4n) is 5.19. The second kappa shape index (κ2) is 15.2. The molecule has 0 radical (unpaired) electrons. The van der Waals surface area contributed by atoms with Gasteiger partial charge in [0.05, 0.1) is 19.1 Å². The number of rotatable bonds is 10. The summed E-state index contributed by atoms with van der Waals surface area (Å²) in [6, 6.07) is 22.4. The Bertz CT molecular complexity index is 1450. The van der Waals surface area contributed by atoms with Crippen LogP contribution in [0.15, 0.2) is 77.8 Å². The number of guanidine groups is 1. The average Bonchev–Trinajstić information content (AvgIpc) is 3.03. The summed E-state index contributed by atoms with van der Waals surface area (Å²) in [4.78, 5) is 30.1. The van der Waals surface area contributed by atoms with Gasteiger partial charge in [0.2, 0.25) is 5.96 Å². The van der Waals surface area contributed by atoms with E-state index in [1.165, 1.54) is 37.7 Å². The number of aliphatic imine (C=N–C) groups is 1. The summed E-state index contributed by atoms with van der Waals surface area (Å²) in [5.74, 6) is -0.967. The van der Waals surface area contributed by atoms with Crippen molar-refractivity contribution >= 4 is 35.1 Å². The Hall–Kier alpha value is -4.39. The Labute approximate surface area is 256 Å². The number of amides is 1. The van der Waals surface area contributed by atoms with Crippen molar-refractivity contribution in [3.8, 4) is 6.19 Å². The van der Waals surface area contributed by atoms with Crippen molar-refractivity contribution in [2.24, 2.45) is 4.99 Å². The number of nitriles is 1. The fourth-order valence-corrected chi connectivity index (χ4v) is 5.32. The molecule has 10 heteroatoms. The molecule has 4 rings (SSSR count). The minimum atomic E-state index is -1.68. The lowest BCUT2D eigenvalue weighted by molar-refractivity contribution is -0.146. The third kappa shape index (κ3) is 8.80. The zero-order valence-electron chi connectivity index (χ0n) is 24.0. The average molecular weight is 602 g/mol. The number of carbonyl (C=O) groups excluding carboxylic acids is 1. The van der Waals surface area contributed by atoms with E-state index in [4.69, 9.17) is 21.7 Å². The fraction of sp³-hybridized carbons (Fsp3) is 0.333. The van der Waals surface area contributed by atoms with Crippen LogP contribution in [0.2, 0.25) is 5.02 Å². The van der Waals surface area contributed by atoms with E-state index in [0.717, 1.165) is 16.8 Å². The number of aliphatic hydroxyl groups excluding tert-OH is 1.